The van der Waals surface area contributed by atoms with Crippen LogP contribution < -0.4 is 20.1 Å². The van der Waals surface area contributed by atoms with Crippen LogP contribution in [0.1, 0.15) is 42.7 Å². The normalized spacial score (nSPS) is 17.9. The molecule has 6 rings (SSSR count). The number of fused-ring (bicyclic) bond motifs is 1. The zero-order valence-electron chi connectivity index (χ0n) is 23.9. The van der Waals surface area contributed by atoms with Gasteiger partial charge >= 0.3 is 0 Å². The van der Waals surface area contributed by atoms with E-state index in [1.807, 2.05) is 18.2 Å². The van der Waals surface area contributed by atoms with Crippen LogP contribution in [0.3, 0.4) is 0 Å². The quantitative estimate of drug-likeness (QED) is 0.169. The van der Waals surface area contributed by atoms with Gasteiger partial charge < -0.3 is 14.8 Å². The number of hydrogen-bond acceptors (Lipinski definition) is 8. The van der Waals surface area contributed by atoms with E-state index >= 15 is 0 Å². The molecule has 2 amide bonds. The van der Waals surface area contributed by atoms with Crippen molar-refractivity contribution in [2.75, 3.05) is 25.5 Å². The molecule has 2 saturated heterocycles. The van der Waals surface area contributed by atoms with Crippen LogP contribution in [0.2, 0.25) is 10.0 Å². The lowest BCUT2D eigenvalue weighted by Crippen LogP contribution is -2.39. The van der Waals surface area contributed by atoms with E-state index in [-0.39, 0.29) is 39.6 Å². The van der Waals surface area contributed by atoms with Crippen LogP contribution in [0.4, 0.5) is 15.9 Å². The maximum atomic E-state index is 14.7. The summed E-state index contributed by atoms with van der Waals surface area (Å²) in [6.07, 6.45) is 3.91. The molecule has 2 N–H and O–H groups in total. The van der Waals surface area contributed by atoms with E-state index in [1.165, 1.54) is 18.5 Å². The fraction of sp³-hybridized carbons (Fsp3) is 0.312. The summed E-state index contributed by atoms with van der Waals surface area (Å²) in [5.74, 6) is 0.0981. The Bertz CT molecular complexity index is 1710. The van der Waals surface area contributed by atoms with Gasteiger partial charge in [0, 0.05) is 37.5 Å². The third-order valence-corrected chi connectivity index (χ3v) is 8.85. The molecule has 4 aromatic rings. The molecule has 2 aliphatic heterocycles. The van der Waals surface area contributed by atoms with E-state index < -0.39 is 5.82 Å². The smallest absolute Gasteiger partial charge is 0.234 e. The van der Waals surface area contributed by atoms with Crippen LogP contribution >= 0.6 is 23.2 Å². The first kappa shape index (κ1) is 30.1. The Morgan fingerprint density at radius 1 is 1.02 bits per heavy atom. The first-order valence-electron chi connectivity index (χ1n) is 14.3. The Labute approximate surface area is 263 Å². The Hall–Kier alpha value is -3.99. The number of amides is 2. The highest BCUT2D eigenvalue weighted by molar-refractivity contribution is 6.42. The van der Waals surface area contributed by atoms with Crippen molar-refractivity contribution in [2.45, 2.75) is 44.2 Å². The minimum atomic E-state index is -0.673. The highest BCUT2D eigenvalue weighted by Gasteiger charge is 2.28. The summed E-state index contributed by atoms with van der Waals surface area (Å²) in [5.41, 5.74) is 2.83. The molecule has 1 aromatic heterocycles. The van der Waals surface area contributed by atoms with E-state index in [1.54, 1.807) is 13.2 Å². The molecule has 0 aliphatic carbocycles. The van der Waals surface area contributed by atoms with Crippen molar-refractivity contribution < 1.29 is 23.5 Å². The summed E-state index contributed by atoms with van der Waals surface area (Å²) in [6, 6.07) is 14.7. The molecule has 1 atom stereocenters. The summed E-state index contributed by atoms with van der Waals surface area (Å²) >= 11 is 11.9. The van der Waals surface area contributed by atoms with Crippen LogP contribution in [-0.2, 0) is 16.1 Å². The second-order valence-corrected chi connectivity index (χ2v) is 11.7. The van der Waals surface area contributed by atoms with E-state index in [9.17, 15) is 14.0 Å². The number of nitrogens with zero attached hydrogens (tertiary/aromatic N) is 3. The number of halogens is 3. The number of imide groups is 1. The standard InChI is InChI=1S/C32H30Cl2FN5O4/c1-43-26-15-25-22(31(37-17-36-25)38-24-8-7-23(33)29(34)30(24)35)14-27(26)44-20-10-12-40(13-11-20)16-18-2-4-19(5-3-18)21-6-9-28(41)39-32(21)42/h2-5,7-8,14-15,17,20-21H,6,9-13,16H2,1H3,(H,36,37,38)(H,39,41,42). The third kappa shape index (κ3) is 6.43. The summed E-state index contributed by atoms with van der Waals surface area (Å²) in [7, 11) is 1.58. The highest BCUT2D eigenvalue weighted by atomic mass is 35.5. The molecule has 12 heteroatoms. The Balaban J connectivity index is 1.10. The van der Waals surface area contributed by atoms with Crippen LogP contribution in [0.25, 0.3) is 10.9 Å². The number of methoxy groups -OCH3 is 1. The number of rotatable bonds is 8. The monoisotopic (exact) mass is 637 g/mol. The van der Waals surface area contributed by atoms with E-state index in [0.717, 1.165) is 43.6 Å². The number of anilines is 2. The third-order valence-electron chi connectivity index (χ3n) is 8.06. The molecule has 0 bridgehead atoms. The summed E-state index contributed by atoms with van der Waals surface area (Å²) in [6.45, 7) is 2.49. The van der Waals surface area contributed by atoms with Gasteiger partial charge in [0.1, 0.15) is 18.2 Å². The molecular formula is C32H30Cl2FN5O4. The average molecular weight is 639 g/mol. The number of benzene rings is 3. The predicted molar refractivity (Wildman–Crippen MR) is 166 cm³/mol. The Morgan fingerprint density at radius 3 is 2.52 bits per heavy atom. The van der Waals surface area contributed by atoms with Gasteiger partial charge in [0.2, 0.25) is 11.8 Å². The molecule has 0 saturated carbocycles. The Kier molecular flexibility index (Phi) is 8.83. The molecule has 9 nitrogen and oxygen atoms in total. The van der Waals surface area contributed by atoms with Gasteiger partial charge in [0.15, 0.2) is 17.3 Å². The number of aromatic nitrogens is 2. The van der Waals surface area contributed by atoms with Gasteiger partial charge in [-0.25, -0.2) is 14.4 Å². The molecular weight excluding hydrogens is 608 g/mol. The highest BCUT2D eigenvalue weighted by Crippen LogP contribution is 2.38. The van der Waals surface area contributed by atoms with Gasteiger partial charge in [-0.05, 0) is 48.6 Å². The molecule has 2 aliphatic rings. The van der Waals surface area contributed by atoms with Crippen molar-refractivity contribution in [3.8, 4) is 11.5 Å². The first-order valence-corrected chi connectivity index (χ1v) is 15.1. The lowest BCUT2D eigenvalue weighted by molar-refractivity contribution is -0.134. The Morgan fingerprint density at radius 2 is 1.80 bits per heavy atom. The largest absolute Gasteiger partial charge is 0.493 e. The fourth-order valence-electron chi connectivity index (χ4n) is 5.66. The van der Waals surface area contributed by atoms with Crippen LogP contribution in [0.5, 0.6) is 11.5 Å². The number of piperidine rings is 2. The van der Waals surface area contributed by atoms with Crippen molar-refractivity contribution in [2.24, 2.45) is 0 Å². The lowest BCUT2D eigenvalue weighted by atomic mass is 9.90. The maximum Gasteiger partial charge on any atom is 0.234 e. The molecule has 0 spiro atoms. The number of likely N-dealkylation sites (tertiary alicyclic amines) is 1. The molecule has 228 valence electrons. The van der Waals surface area contributed by atoms with Gasteiger partial charge in [0.25, 0.3) is 0 Å². The van der Waals surface area contributed by atoms with Crippen molar-refractivity contribution in [1.29, 1.82) is 0 Å². The summed E-state index contributed by atoms with van der Waals surface area (Å²) in [5, 5.41) is 6.01. The van der Waals surface area contributed by atoms with Gasteiger partial charge in [0.05, 0.1) is 34.3 Å². The van der Waals surface area contributed by atoms with Gasteiger partial charge in [-0.2, -0.15) is 0 Å². The lowest BCUT2D eigenvalue weighted by Gasteiger charge is -2.32. The van der Waals surface area contributed by atoms with E-state index in [4.69, 9.17) is 32.7 Å². The SMILES string of the molecule is COc1cc2ncnc(Nc3ccc(Cl)c(Cl)c3F)c2cc1OC1CCN(Cc2ccc(C3CCC(=O)NC3=O)cc2)CC1. The number of carbonyl (C=O) groups excluding carboxylic acids is 2. The van der Waals surface area contributed by atoms with E-state index in [2.05, 4.69) is 37.6 Å². The maximum absolute atomic E-state index is 14.7. The van der Waals surface area contributed by atoms with Crippen LogP contribution in [-0.4, -0.2) is 53.0 Å². The van der Waals surface area contributed by atoms with Crippen LogP contribution in [0.15, 0.2) is 54.9 Å². The number of carbonyl (C=O) groups is 2. The minimum Gasteiger partial charge on any atom is -0.493 e. The van der Waals surface area contributed by atoms with Gasteiger partial charge in [-0.3, -0.25) is 19.8 Å². The van der Waals surface area contributed by atoms with Crippen molar-refractivity contribution in [3.63, 3.8) is 0 Å². The van der Waals surface area contributed by atoms with Crippen LogP contribution in [0, 0.1) is 5.82 Å². The molecule has 2 fully saturated rings. The van der Waals surface area contributed by atoms with Crippen molar-refractivity contribution in [1.82, 2.24) is 20.2 Å². The number of ether oxygens (including phenoxy) is 2. The zero-order chi connectivity index (χ0) is 30.8. The predicted octanol–water partition coefficient (Wildman–Crippen LogP) is 6.39. The number of nitrogens with one attached hydrogen (secondary N) is 2. The average Bonchev–Trinajstić information content (AvgIpc) is 3.03. The molecule has 3 heterocycles. The molecule has 3 aromatic carbocycles. The molecule has 1 unspecified atom stereocenters. The molecule has 0 radical (unpaired) electrons. The second kappa shape index (κ2) is 12.9. The number of hydrogen-bond donors (Lipinski definition) is 2. The summed E-state index contributed by atoms with van der Waals surface area (Å²) in [4.78, 5) is 34.7. The zero-order valence-corrected chi connectivity index (χ0v) is 25.4. The molecule has 44 heavy (non-hydrogen) atoms. The van der Waals surface area contributed by atoms with E-state index in [0.29, 0.717) is 41.1 Å². The van der Waals surface area contributed by atoms with Crippen molar-refractivity contribution in [3.05, 3.63) is 81.8 Å². The van der Waals surface area contributed by atoms with Gasteiger partial charge in [-0.1, -0.05) is 47.5 Å². The minimum absolute atomic E-state index is 0.0268. The topological polar surface area (TPSA) is 106 Å². The summed E-state index contributed by atoms with van der Waals surface area (Å²) < 4.78 is 26.8. The van der Waals surface area contributed by atoms with Crippen molar-refractivity contribution >= 4 is 57.4 Å². The van der Waals surface area contributed by atoms with Gasteiger partial charge in [-0.15, -0.1) is 0 Å². The fourth-order valence-corrected chi connectivity index (χ4v) is 5.97. The first-order chi connectivity index (χ1) is 21.3. The second-order valence-electron chi connectivity index (χ2n) is 10.9.